The topological polar surface area (TPSA) is 46.6 Å². The summed E-state index contributed by atoms with van der Waals surface area (Å²) in [5, 5.41) is 1.09. The number of carbonyl (C=O) groups is 2. The molecule has 2 aromatic rings. The molecule has 23 heavy (non-hydrogen) atoms. The van der Waals surface area contributed by atoms with Gasteiger partial charge in [-0.3, -0.25) is 4.79 Å². The number of hydrogen-bond donors (Lipinski definition) is 0. The Bertz CT molecular complexity index is 727. The van der Waals surface area contributed by atoms with Crippen molar-refractivity contribution in [3.63, 3.8) is 0 Å². The molecule has 0 saturated carbocycles. The van der Waals surface area contributed by atoms with Gasteiger partial charge in [0, 0.05) is 29.7 Å². The van der Waals surface area contributed by atoms with E-state index in [9.17, 15) is 9.59 Å². The maximum absolute atomic E-state index is 11.9. The summed E-state index contributed by atoms with van der Waals surface area (Å²) in [7, 11) is 3.20. The lowest BCUT2D eigenvalue weighted by Gasteiger charge is -2.10. The molecule has 0 unspecified atom stereocenters. The molecule has 0 radical (unpaired) electrons. The van der Waals surface area contributed by atoms with Gasteiger partial charge in [0.15, 0.2) is 6.61 Å². The molecule has 0 heterocycles. The number of benzene rings is 2. The quantitative estimate of drug-likeness (QED) is 0.784. The van der Waals surface area contributed by atoms with Crippen molar-refractivity contribution >= 4 is 35.1 Å². The Kier molecular flexibility index (Phi) is 5.64. The lowest BCUT2D eigenvalue weighted by Crippen LogP contribution is -2.27. The average molecular weight is 352 g/mol. The van der Waals surface area contributed by atoms with Gasteiger partial charge in [-0.05, 0) is 29.8 Å². The third-order valence-electron chi connectivity index (χ3n) is 3.19. The smallest absolute Gasteiger partial charge is 0.338 e. The molecule has 0 N–H and O–H groups in total. The fourth-order valence-electron chi connectivity index (χ4n) is 1.85. The van der Waals surface area contributed by atoms with Crippen LogP contribution in [0.4, 0.5) is 0 Å². The summed E-state index contributed by atoms with van der Waals surface area (Å²) in [5.41, 5.74) is 2.04. The molecule has 0 spiro atoms. The van der Waals surface area contributed by atoms with Gasteiger partial charge in [-0.15, -0.1) is 0 Å². The van der Waals surface area contributed by atoms with Gasteiger partial charge in [0.1, 0.15) is 0 Å². The molecule has 0 aliphatic carbocycles. The molecule has 2 aromatic carbocycles. The third kappa shape index (κ3) is 4.47. The van der Waals surface area contributed by atoms with Crippen molar-refractivity contribution in [2.75, 3.05) is 20.7 Å². The second kappa shape index (κ2) is 7.49. The minimum Gasteiger partial charge on any atom is -0.452 e. The zero-order valence-electron chi connectivity index (χ0n) is 12.7. The molecule has 0 saturated heterocycles. The highest BCUT2D eigenvalue weighted by molar-refractivity contribution is 6.36. The average Bonchev–Trinajstić information content (AvgIpc) is 2.52. The molecule has 0 aliphatic rings. The SMILES string of the molecule is CN(C)C(=O)COC(=O)c1ccc(-c2ccc(Cl)cc2Cl)cc1. The number of amides is 1. The zero-order valence-corrected chi connectivity index (χ0v) is 14.2. The molecular weight excluding hydrogens is 337 g/mol. The molecule has 0 bridgehead atoms. The summed E-state index contributed by atoms with van der Waals surface area (Å²) in [4.78, 5) is 24.7. The van der Waals surface area contributed by atoms with Gasteiger partial charge in [0.05, 0.1) is 5.56 Å². The zero-order chi connectivity index (χ0) is 17.0. The Morgan fingerprint density at radius 1 is 1.04 bits per heavy atom. The van der Waals surface area contributed by atoms with Crippen LogP contribution in [-0.2, 0) is 9.53 Å². The van der Waals surface area contributed by atoms with Crippen LogP contribution >= 0.6 is 23.2 Å². The van der Waals surface area contributed by atoms with Gasteiger partial charge >= 0.3 is 5.97 Å². The number of carbonyl (C=O) groups excluding carboxylic acids is 2. The number of rotatable bonds is 4. The van der Waals surface area contributed by atoms with E-state index < -0.39 is 5.97 Å². The van der Waals surface area contributed by atoms with E-state index >= 15 is 0 Å². The van der Waals surface area contributed by atoms with Gasteiger partial charge < -0.3 is 9.64 Å². The first kappa shape index (κ1) is 17.3. The van der Waals surface area contributed by atoms with E-state index in [0.717, 1.165) is 11.1 Å². The Morgan fingerprint density at radius 3 is 2.26 bits per heavy atom. The van der Waals surface area contributed by atoms with E-state index in [2.05, 4.69) is 0 Å². The predicted molar refractivity (Wildman–Crippen MR) is 90.9 cm³/mol. The lowest BCUT2D eigenvalue weighted by molar-refractivity contribution is -0.131. The van der Waals surface area contributed by atoms with Crippen LogP contribution in [0.5, 0.6) is 0 Å². The van der Waals surface area contributed by atoms with E-state index in [1.165, 1.54) is 4.90 Å². The minimum atomic E-state index is -0.547. The molecule has 4 nitrogen and oxygen atoms in total. The van der Waals surface area contributed by atoms with Gasteiger partial charge in [-0.25, -0.2) is 4.79 Å². The van der Waals surface area contributed by atoms with E-state index in [1.807, 2.05) is 6.07 Å². The van der Waals surface area contributed by atoms with Gasteiger partial charge in [0.25, 0.3) is 5.91 Å². The first-order valence-corrected chi connectivity index (χ1v) is 7.57. The summed E-state index contributed by atoms with van der Waals surface area (Å²) in [6.45, 7) is -0.281. The third-order valence-corrected chi connectivity index (χ3v) is 3.74. The molecule has 120 valence electrons. The second-order valence-electron chi connectivity index (χ2n) is 5.07. The maximum atomic E-state index is 11.9. The van der Waals surface area contributed by atoms with Crippen molar-refractivity contribution in [3.05, 3.63) is 58.1 Å². The van der Waals surface area contributed by atoms with Gasteiger partial charge in [-0.1, -0.05) is 41.4 Å². The van der Waals surface area contributed by atoms with Crippen LogP contribution in [-0.4, -0.2) is 37.5 Å². The first-order chi connectivity index (χ1) is 10.9. The fraction of sp³-hybridized carbons (Fsp3) is 0.176. The van der Waals surface area contributed by atoms with E-state index in [4.69, 9.17) is 27.9 Å². The van der Waals surface area contributed by atoms with E-state index in [-0.39, 0.29) is 12.5 Å². The van der Waals surface area contributed by atoms with Crippen molar-refractivity contribution in [2.45, 2.75) is 0 Å². The molecule has 2 rings (SSSR count). The lowest BCUT2D eigenvalue weighted by atomic mass is 10.0. The monoisotopic (exact) mass is 351 g/mol. The maximum Gasteiger partial charge on any atom is 0.338 e. The van der Waals surface area contributed by atoms with Crippen molar-refractivity contribution in [1.29, 1.82) is 0 Å². The van der Waals surface area contributed by atoms with E-state index in [1.54, 1.807) is 50.5 Å². The van der Waals surface area contributed by atoms with Crippen LogP contribution in [0.25, 0.3) is 11.1 Å². The highest BCUT2D eigenvalue weighted by Gasteiger charge is 2.12. The Labute approximate surface area is 144 Å². The molecule has 0 atom stereocenters. The minimum absolute atomic E-state index is 0.275. The Balaban J connectivity index is 2.10. The largest absolute Gasteiger partial charge is 0.452 e. The van der Waals surface area contributed by atoms with Gasteiger partial charge in [0.2, 0.25) is 0 Å². The van der Waals surface area contributed by atoms with Crippen molar-refractivity contribution < 1.29 is 14.3 Å². The summed E-state index contributed by atoms with van der Waals surface area (Å²) in [6.07, 6.45) is 0. The number of esters is 1. The molecule has 0 aliphatic heterocycles. The number of likely N-dealkylation sites (N-methyl/N-ethyl adjacent to an activating group) is 1. The summed E-state index contributed by atoms with van der Waals surface area (Å²) < 4.78 is 4.96. The van der Waals surface area contributed by atoms with Crippen LogP contribution in [0.2, 0.25) is 10.0 Å². The standard InChI is InChI=1S/C17H15Cl2NO3/c1-20(2)16(21)10-23-17(22)12-5-3-11(4-6-12)14-8-7-13(18)9-15(14)19/h3-9H,10H2,1-2H3. The summed E-state index contributed by atoms with van der Waals surface area (Å²) >= 11 is 12.0. The van der Waals surface area contributed by atoms with Crippen molar-refractivity contribution in [1.82, 2.24) is 4.90 Å². The summed E-state index contributed by atoms with van der Waals surface area (Å²) in [6, 6.07) is 12.0. The number of halogens is 2. The van der Waals surface area contributed by atoms with Crippen molar-refractivity contribution in [2.24, 2.45) is 0 Å². The highest BCUT2D eigenvalue weighted by Crippen LogP contribution is 2.30. The normalized spacial score (nSPS) is 10.3. The van der Waals surface area contributed by atoms with Gasteiger partial charge in [-0.2, -0.15) is 0 Å². The fourth-order valence-corrected chi connectivity index (χ4v) is 2.37. The summed E-state index contributed by atoms with van der Waals surface area (Å²) in [5.74, 6) is -0.822. The number of hydrogen-bond acceptors (Lipinski definition) is 3. The Hall–Kier alpha value is -2.04. The molecular formula is C17H15Cl2NO3. The number of nitrogens with zero attached hydrogens (tertiary/aromatic N) is 1. The van der Waals surface area contributed by atoms with Crippen LogP contribution in [0.15, 0.2) is 42.5 Å². The van der Waals surface area contributed by atoms with Crippen LogP contribution in [0.3, 0.4) is 0 Å². The van der Waals surface area contributed by atoms with Crippen LogP contribution in [0.1, 0.15) is 10.4 Å². The van der Waals surface area contributed by atoms with Crippen LogP contribution in [0, 0.1) is 0 Å². The second-order valence-corrected chi connectivity index (χ2v) is 5.91. The molecule has 0 aromatic heterocycles. The number of ether oxygens (including phenoxy) is 1. The first-order valence-electron chi connectivity index (χ1n) is 6.81. The van der Waals surface area contributed by atoms with Crippen molar-refractivity contribution in [3.8, 4) is 11.1 Å². The highest BCUT2D eigenvalue weighted by atomic mass is 35.5. The Morgan fingerprint density at radius 2 is 1.70 bits per heavy atom. The molecule has 1 amide bonds. The molecule has 0 fully saturated rings. The van der Waals surface area contributed by atoms with Crippen LogP contribution < -0.4 is 0 Å². The molecule has 6 heteroatoms. The predicted octanol–water partition coefficient (Wildman–Crippen LogP) is 3.91. The van der Waals surface area contributed by atoms with E-state index in [0.29, 0.717) is 15.6 Å².